The van der Waals surface area contributed by atoms with E-state index in [1.165, 1.54) is 54.4 Å². The van der Waals surface area contributed by atoms with Crippen LogP contribution in [0.2, 0.25) is 0 Å². The molecule has 12 nitrogen and oxygen atoms in total. The Balaban J connectivity index is 1.25. The molecule has 3 aliphatic rings. The Bertz CT molecular complexity index is 2090. The van der Waals surface area contributed by atoms with Gasteiger partial charge in [-0.3, -0.25) is 19.3 Å². The molecule has 4 aromatic rings. The number of hydrogen-bond acceptors (Lipinski definition) is 9. The highest BCUT2D eigenvalue weighted by atomic mass is 32.2. The Morgan fingerprint density at radius 2 is 1.60 bits per heavy atom. The Hall–Kier alpha value is -5.17. The molecule has 0 saturated heterocycles. The molecule has 3 heterocycles. The van der Waals surface area contributed by atoms with Crippen LogP contribution in [0.5, 0.6) is 11.5 Å². The minimum Gasteiger partial charge on any atom is -0.493 e. The molecule has 0 bridgehead atoms. The molecule has 260 valence electrons. The minimum absolute atomic E-state index is 0.0218. The summed E-state index contributed by atoms with van der Waals surface area (Å²) in [6.45, 7) is 0. The summed E-state index contributed by atoms with van der Waals surface area (Å²) in [5.74, 6) is 0.621. The Labute approximate surface area is 291 Å². The summed E-state index contributed by atoms with van der Waals surface area (Å²) in [6, 6.07) is 14.8. The third-order valence-corrected chi connectivity index (χ3v) is 11.2. The molecule has 0 spiro atoms. The van der Waals surface area contributed by atoms with Crippen LogP contribution in [0.1, 0.15) is 85.5 Å². The number of rotatable bonds is 9. The van der Waals surface area contributed by atoms with Crippen LogP contribution in [0.25, 0.3) is 0 Å². The summed E-state index contributed by atoms with van der Waals surface area (Å²) in [4.78, 5) is 41.9. The minimum atomic E-state index is -3.87. The average Bonchev–Trinajstić information content (AvgIpc) is 3.14. The fraction of sp³-hybridized carbons (Fsp3) is 0.351. The number of ether oxygens (including phenoxy) is 2. The van der Waals surface area contributed by atoms with Gasteiger partial charge >= 0.3 is 0 Å². The molecular formula is C37H40N6O6S. The van der Waals surface area contributed by atoms with Gasteiger partial charge < -0.3 is 24.7 Å². The lowest BCUT2D eigenvalue weighted by molar-refractivity contribution is 0.101. The first-order valence-corrected chi connectivity index (χ1v) is 18.5. The van der Waals surface area contributed by atoms with Gasteiger partial charge in [-0.15, -0.1) is 0 Å². The van der Waals surface area contributed by atoms with E-state index >= 15 is 0 Å². The molecule has 50 heavy (non-hydrogen) atoms. The molecule has 1 saturated carbocycles. The number of nitrogens with one attached hydrogen (secondary N) is 3. The van der Waals surface area contributed by atoms with E-state index in [9.17, 15) is 18.0 Å². The van der Waals surface area contributed by atoms with E-state index in [1.54, 1.807) is 26.4 Å². The number of amides is 1. The number of H-pyrrole nitrogens is 1. The van der Waals surface area contributed by atoms with E-state index in [0.717, 1.165) is 56.9 Å². The monoisotopic (exact) mass is 696 g/mol. The molecule has 13 heteroatoms. The fourth-order valence-electron chi connectivity index (χ4n) is 7.50. The van der Waals surface area contributed by atoms with Crippen LogP contribution in [-0.2, 0) is 10.0 Å². The summed E-state index contributed by atoms with van der Waals surface area (Å²) >= 11 is 0. The summed E-state index contributed by atoms with van der Waals surface area (Å²) in [5, 5.41) is 2.79. The van der Waals surface area contributed by atoms with Gasteiger partial charge in [0.25, 0.3) is 21.5 Å². The normalized spacial score (nSPS) is 17.8. The number of carbonyl (C=O) groups is 1. The van der Waals surface area contributed by atoms with Gasteiger partial charge in [0.05, 0.1) is 30.4 Å². The molecule has 0 radical (unpaired) electrons. The number of anilines is 3. The predicted molar refractivity (Wildman–Crippen MR) is 191 cm³/mol. The summed E-state index contributed by atoms with van der Waals surface area (Å²) in [6.07, 6.45) is 12.1. The third kappa shape index (κ3) is 6.45. The van der Waals surface area contributed by atoms with Crippen LogP contribution in [0.3, 0.4) is 0 Å². The van der Waals surface area contributed by atoms with E-state index in [4.69, 9.17) is 14.5 Å². The topological polar surface area (TPSA) is 156 Å². The Morgan fingerprint density at radius 3 is 2.32 bits per heavy atom. The average molecular weight is 697 g/mol. The highest BCUT2D eigenvalue weighted by Crippen LogP contribution is 2.50. The van der Waals surface area contributed by atoms with E-state index in [-0.39, 0.29) is 28.2 Å². The molecule has 1 aliphatic heterocycles. The zero-order valence-corrected chi connectivity index (χ0v) is 28.9. The number of carbonyl (C=O) groups excluding carboxylic acids is 1. The molecule has 2 aromatic heterocycles. The molecule has 2 aromatic carbocycles. The number of hydrogen-bond donors (Lipinski definition) is 3. The molecule has 3 N–H and O–H groups in total. The van der Waals surface area contributed by atoms with Crippen molar-refractivity contribution in [1.82, 2.24) is 15.0 Å². The highest BCUT2D eigenvalue weighted by molar-refractivity contribution is 7.92. The smallest absolute Gasteiger partial charge is 0.291 e. The molecule has 2 aliphatic carbocycles. The van der Waals surface area contributed by atoms with Crippen molar-refractivity contribution in [2.75, 3.05) is 29.2 Å². The first kappa shape index (κ1) is 33.3. The molecule has 1 atom stereocenters. The Kier molecular flexibility index (Phi) is 9.32. The second-order valence-corrected chi connectivity index (χ2v) is 14.5. The van der Waals surface area contributed by atoms with Gasteiger partial charge in [-0.25, -0.2) is 13.4 Å². The SMILES string of the molecule is COc1ccc(C2C3=C(CCCC3)N(C3CCCCC3)c3nc(C(=O)Nc4ccc(S(=O)(=O)Nc5ccncc5)cc4)[nH]c(=O)c32)cc1OC. The second-order valence-electron chi connectivity index (χ2n) is 12.9. The molecule has 1 amide bonds. The highest BCUT2D eigenvalue weighted by Gasteiger charge is 2.41. The van der Waals surface area contributed by atoms with Gasteiger partial charge in [-0.1, -0.05) is 25.3 Å². The van der Waals surface area contributed by atoms with Crippen molar-refractivity contribution in [2.24, 2.45) is 0 Å². The van der Waals surface area contributed by atoms with E-state index in [0.29, 0.717) is 34.3 Å². The Morgan fingerprint density at radius 1 is 0.880 bits per heavy atom. The van der Waals surface area contributed by atoms with Crippen molar-refractivity contribution in [3.05, 3.63) is 106 Å². The number of allylic oxidation sites excluding steroid dienone is 2. The van der Waals surface area contributed by atoms with Gasteiger partial charge in [0.2, 0.25) is 5.82 Å². The lowest BCUT2D eigenvalue weighted by Gasteiger charge is -2.45. The van der Waals surface area contributed by atoms with Gasteiger partial charge in [-0.05, 0) is 98.2 Å². The van der Waals surface area contributed by atoms with Crippen LogP contribution in [0.15, 0.2) is 88.0 Å². The number of fused-ring (bicyclic) bond motifs is 1. The van der Waals surface area contributed by atoms with Crippen LogP contribution in [-0.4, -0.2) is 49.5 Å². The maximum atomic E-state index is 14.3. The zero-order valence-electron chi connectivity index (χ0n) is 28.1. The second kappa shape index (κ2) is 14.0. The summed E-state index contributed by atoms with van der Waals surface area (Å²) < 4.78 is 39.5. The van der Waals surface area contributed by atoms with Crippen LogP contribution >= 0.6 is 0 Å². The van der Waals surface area contributed by atoms with Crippen molar-refractivity contribution in [1.29, 1.82) is 0 Å². The van der Waals surface area contributed by atoms with Crippen LogP contribution in [0.4, 0.5) is 17.2 Å². The first-order chi connectivity index (χ1) is 24.3. The quantitative estimate of drug-likeness (QED) is 0.182. The standard InChI is InChI=1S/C37H40N6O6S/c1-48-30-17-12-23(22-31(30)49-2)32-28-10-6-7-11-29(28)43(26-8-4-3-5-9-26)35-33(32)36(44)41-34(40-35)37(45)39-24-13-15-27(16-14-24)50(46,47)42-25-18-20-38-21-19-25/h12-22,26,32H,3-11H2,1-2H3,(H,38,42)(H,39,45)(H,40,41,44). The van der Waals surface area contributed by atoms with Crippen LogP contribution < -0.4 is 30.0 Å². The molecule has 1 unspecified atom stereocenters. The van der Waals surface area contributed by atoms with E-state index in [2.05, 4.69) is 24.9 Å². The predicted octanol–water partition coefficient (Wildman–Crippen LogP) is 6.35. The van der Waals surface area contributed by atoms with Crippen molar-refractivity contribution in [3.8, 4) is 11.5 Å². The molecule has 7 rings (SSSR count). The fourth-order valence-corrected chi connectivity index (χ4v) is 8.56. The first-order valence-electron chi connectivity index (χ1n) is 17.0. The number of sulfonamides is 1. The largest absolute Gasteiger partial charge is 0.493 e. The van der Waals surface area contributed by atoms with Crippen molar-refractivity contribution < 1.29 is 22.7 Å². The molecular weight excluding hydrogens is 657 g/mol. The number of aromatic amines is 1. The number of nitrogens with zero attached hydrogens (tertiary/aromatic N) is 3. The van der Waals surface area contributed by atoms with Gasteiger partial charge in [-0.2, -0.15) is 0 Å². The summed E-state index contributed by atoms with van der Waals surface area (Å²) in [7, 11) is -0.677. The summed E-state index contributed by atoms with van der Waals surface area (Å²) in [5.41, 5.74) is 4.21. The van der Waals surface area contributed by atoms with E-state index < -0.39 is 15.9 Å². The van der Waals surface area contributed by atoms with Crippen molar-refractivity contribution >= 4 is 33.1 Å². The number of methoxy groups -OCH3 is 2. The number of pyridine rings is 1. The van der Waals surface area contributed by atoms with Gasteiger partial charge in [0.1, 0.15) is 5.82 Å². The van der Waals surface area contributed by atoms with Gasteiger partial charge in [0.15, 0.2) is 11.5 Å². The van der Waals surface area contributed by atoms with Gasteiger partial charge in [0, 0.05) is 35.7 Å². The van der Waals surface area contributed by atoms with E-state index in [1.807, 2.05) is 18.2 Å². The maximum Gasteiger partial charge on any atom is 0.291 e. The van der Waals surface area contributed by atoms with Crippen LogP contribution in [0, 0.1) is 0 Å². The lowest BCUT2D eigenvalue weighted by Crippen LogP contribution is -2.44. The zero-order chi connectivity index (χ0) is 34.8. The maximum absolute atomic E-state index is 14.3. The number of aromatic nitrogens is 3. The third-order valence-electron chi connectivity index (χ3n) is 9.82. The lowest BCUT2D eigenvalue weighted by atomic mass is 9.75. The van der Waals surface area contributed by atoms with Crippen molar-refractivity contribution in [3.63, 3.8) is 0 Å². The molecule has 1 fully saturated rings. The van der Waals surface area contributed by atoms with Crippen molar-refractivity contribution in [2.45, 2.75) is 74.6 Å². The number of benzene rings is 2.